The number of piperazine rings is 1. The van der Waals surface area contributed by atoms with Gasteiger partial charge in [0.15, 0.2) is 5.96 Å². The van der Waals surface area contributed by atoms with E-state index in [1.165, 1.54) is 0 Å². The second kappa shape index (κ2) is 12.1. The fraction of sp³-hybridized carbons (Fsp3) is 0.565. The molecule has 0 atom stereocenters. The predicted octanol–water partition coefficient (Wildman–Crippen LogP) is 1.99. The number of anilines is 1. The number of aryl methyl sites for hydroxylation is 2. The third-order valence-corrected chi connectivity index (χ3v) is 5.58. The summed E-state index contributed by atoms with van der Waals surface area (Å²) >= 11 is 0. The molecule has 2 aromatic rings. The molecule has 174 valence electrons. The number of aromatic nitrogens is 2. The van der Waals surface area contributed by atoms with Crippen molar-refractivity contribution in [3.05, 3.63) is 41.4 Å². The smallest absolute Gasteiger partial charge is 0.224 e. The number of hydrogen-bond donors (Lipinski definition) is 2. The van der Waals surface area contributed by atoms with Crippen LogP contribution in [0.15, 0.2) is 33.9 Å². The average Bonchev–Trinajstić information content (AvgIpc) is 3.25. The maximum Gasteiger partial charge on any atom is 0.224 e. The number of carbonyl (C=O) groups excluding carboxylic acids is 1. The molecule has 1 aliphatic heterocycles. The zero-order valence-electron chi connectivity index (χ0n) is 19.4. The monoisotopic (exact) mass is 441 g/mol. The summed E-state index contributed by atoms with van der Waals surface area (Å²) in [5.74, 6) is 2.72. The van der Waals surface area contributed by atoms with Gasteiger partial charge < -0.3 is 25.0 Å². The topological polar surface area (TPSA) is 98.9 Å². The van der Waals surface area contributed by atoms with Gasteiger partial charge in [-0.05, 0) is 25.5 Å². The molecule has 0 unspecified atom stereocenters. The normalized spacial score (nSPS) is 14.5. The molecule has 0 spiro atoms. The van der Waals surface area contributed by atoms with Crippen LogP contribution in [0.5, 0.6) is 0 Å². The molecule has 1 aliphatic rings. The first-order valence-corrected chi connectivity index (χ1v) is 11.6. The second-order valence-corrected chi connectivity index (χ2v) is 7.67. The third kappa shape index (κ3) is 6.21. The lowest BCUT2D eigenvalue weighted by Gasteiger charge is -2.35. The lowest BCUT2D eigenvalue weighted by atomic mass is 10.1. The van der Waals surface area contributed by atoms with Gasteiger partial charge in [0.05, 0.1) is 12.2 Å². The lowest BCUT2D eigenvalue weighted by molar-refractivity contribution is -0.131. The fourth-order valence-corrected chi connectivity index (χ4v) is 3.79. The van der Waals surface area contributed by atoms with Gasteiger partial charge in [0.2, 0.25) is 5.91 Å². The van der Waals surface area contributed by atoms with E-state index in [9.17, 15) is 4.79 Å². The van der Waals surface area contributed by atoms with Gasteiger partial charge >= 0.3 is 0 Å². The van der Waals surface area contributed by atoms with Crippen LogP contribution in [0.2, 0.25) is 0 Å². The first-order chi connectivity index (χ1) is 15.7. The number of nitrogens with one attached hydrogen (secondary N) is 2. The van der Waals surface area contributed by atoms with E-state index in [2.05, 4.69) is 44.5 Å². The highest BCUT2D eigenvalue weighted by Crippen LogP contribution is 2.17. The molecule has 0 saturated carbocycles. The Morgan fingerprint density at radius 1 is 1.12 bits per heavy atom. The Labute approximate surface area is 190 Å². The molecule has 3 heterocycles. The van der Waals surface area contributed by atoms with E-state index < -0.39 is 0 Å². The Morgan fingerprint density at radius 3 is 2.59 bits per heavy atom. The Kier molecular flexibility index (Phi) is 8.89. The van der Waals surface area contributed by atoms with Crippen molar-refractivity contribution in [3.63, 3.8) is 0 Å². The molecule has 9 heteroatoms. The van der Waals surface area contributed by atoms with Gasteiger partial charge in [-0.1, -0.05) is 25.1 Å². The molecule has 0 aromatic carbocycles. The number of hydrogen-bond acceptors (Lipinski definition) is 6. The van der Waals surface area contributed by atoms with Crippen LogP contribution in [0.3, 0.4) is 0 Å². The maximum absolute atomic E-state index is 12.7. The number of carbonyl (C=O) groups is 1. The molecule has 2 aromatic heterocycles. The molecule has 3 rings (SSSR count). The highest BCUT2D eigenvalue weighted by molar-refractivity contribution is 5.81. The molecule has 0 bridgehead atoms. The average molecular weight is 442 g/mol. The molecular weight excluding hydrogens is 406 g/mol. The lowest BCUT2D eigenvalue weighted by Crippen LogP contribution is -2.49. The molecule has 32 heavy (non-hydrogen) atoms. The summed E-state index contributed by atoms with van der Waals surface area (Å²) in [4.78, 5) is 25.9. The molecule has 1 amide bonds. The minimum Gasteiger partial charge on any atom is -0.361 e. The van der Waals surface area contributed by atoms with Crippen LogP contribution >= 0.6 is 0 Å². The van der Waals surface area contributed by atoms with Crippen LogP contribution in [0, 0.1) is 0 Å². The third-order valence-electron chi connectivity index (χ3n) is 5.58. The number of amides is 1. The van der Waals surface area contributed by atoms with E-state index in [1.807, 2.05) is 30.0 Å². The van der Waals surface area contributed by atoms with Crippen molar-refractivity contribution >= 4 is 17.7 Å². The first kappa shape index (κ1) is 23.6. The van der Waals surface area contributed by atoms with Crippen LogP contribution in [0.1, 0.15) is 44.2 Å². The van der Waals surface area contributed by atoms with Crippen LogP contribution < -0.4 is 15.5 Å². The van der Waals surface area contributed by atoms with E-state index in [4.69, 9.17) is 4.52 Å². The minimum absolute atomic E-state index is 0.162. The van der Waals surface area contributed by atoms with Crippen molar-refractivity contribution in [2.75, 3.05) is 44.2 Å². The Morgan fingerprint density at radius 2 is 1.94 bits per heavy atom. The number of rotatable bonds is 9. The molecule has 2 N–H and O–H groups in total. The molecular formula is C23H35N7O2. The molecule has 1 fully saturated rings. The SMILES string of the molecule is CCNC(=NCc1c(CC)noc1CC)NCCC(=O)N1CCN(c2ccccn2)CC1. The van der Waals surface area contributed by atoms with E-state index in [1.54, 1.807) is 6.20 Å². The molecule has 0 aliphatic carbocycles. The number of pyridine rings is 1. The summed E-state index contributed by atoms with van der Waals surface area (Å²) in [5, 5.41) is 10.7. The minimum atomic E-state index is 0.162. The van der Waals surface area contributed by atoms with Gasteiger partial charge in [-0.3, -0.25) is 4.79 Å². The van der Waals surface area contributed by atoms with E-state index >= 15 is 0 Å². The molecule has 9 nitrogen and oxygen atoms in total. The van der Waals surface area contributed by atoms with Crippen LogP contribution in [0.4, 0.5) is 5.82 Å². The van der Waals surface area contributed by atoms with E-state index in [0.29, 0.717) is 25.5 Å². The van der Waals surface area contributed by atoms with Crippen molar-refractivity contribution in [2.24, 2.45) is 4.99 Å². The largest absolute Gasteiger partial charge is 0.361 e. The summed E-state index contributed by atoms with van der Waals surface area (Å²) in [5.41, 5.74) is 2.02. The Hall–Kier alpha value is -3.10. The van der Waals surface area contributed by atoms with Crippen LogP contribution in [-0.4, -0.2) is 66.2 Å². The van der Waals surface area contributed by atoms with Crippen LogP contribution in [0.25, 0.3) is 0 Å². The zero-order valence-corrected chi connectivity index (χ0v) is 19.4. The van der Waals surface area contributed by atoms with E-state index in [-0.39, 0.29) is 5.91 Å². The van der Waals surface area contributed by atoms with Crippen molar-refractivity contribution < 1.29 is 9.32 Å². The maximum atomic E-state index is 12.7. The second-order valence-electron chi connectivity index (χ2n) is 7.67. The first-order valence-electron chi connectivity index (χ1n) is 11.6. The Bertz CT molecular complexity index is 852. The van der Waals surface area contributed by atoms with Crippen molar-refractivity contribution in [1.29, 1.82) is 0 Å². The van der Waals surface area contributed by atoms with Gasteiger partial charge in [-0.2, -0.15) is 0 Å². The number of guanidine groups is 1. The Balaban J connectivity index is 1.46. The quantitative estimate of drug-likeness (QED) is 0.453. The predicted molar refractivity (Wildman–Crippen MR) is 126 cm³/mol. The summed E-state index contributed by atoms with van der Waals surface area (Å²) in [6.45, 7) is 11.0. The number of nitrogens with zero attached hydrogens (tertiary/aromatic N) is 5. The fourth-order valence-electron chi connectivity index (χ4n) is 3.79. The van der Waals surface area contributed by atoms with Gasteiger partial charge in [0.1, 0.15) is 11.6 Å². The van der Waals surface area contributed by atoms with Gasteiger partial charge in [0.25, 0.3) is 0 Å². The zero-order chi connectivity index (χ0) is 22.8. The summed E-state index contributed by atoms with van der Waals surface area (Å²) in [6.07, 6.45) is 3.85. The van der Waals surface area contributed by atoms with Crippen LogP contribution in [-0.2, 0) is 24.2 Å². The summed E-state index contributed by atoms with van der Waals surface area (Å²) in [6, 6.07) is 5.92. The number of aliphatic imine (C=N–C) groups is 1. The standard InChI is InChI=1S/C23H35N7O2/c1-4-19-18(20(5-2)32-28-19)17-27-23(24-6-3)26-12-10-22(31)30-15-13-29(14-16-30)21-9-7-8-11-25-21/h7-9,11H,4-6,10,12-17H2,1-3H3,(H2,24,26,27). The van der Waals surface area contributed by atoms with Crippen molar-refractivity contribution in [3.8, 4) is 0 Å². The summed E-state index contributed by atoms with van der Waals surface area (Å²) in [7, 11) is 0. The summed E-state index contributed by atoms with van der Waals surface area (Å²) < 4.78 is 5.43. The highest BCUT2D eigenvalue weighted by Gasteiger charge is 2.21. The van der Waals surface area contributed by atoms with Crippen molar-refractivity contribution in [1.82, 2.24) is 25.7 Å². The van der Waals surface area contributed by atoms with Gasteiger partial charge in [0, 0.05) is 63.9 Å². The molecule has 1 saturated heterocycles. The highest BCUT2D eigenvalue weighted by atomic mass is 16.5. The van der Waals surface area contributed by atoms with Crippen molar-refractivity contribution in [2.45, 2.75) is 46.6 Å². The van der Waals surface area contributed by atoms with Gasteiger partial charge in [-0.25, -0.2) is 9.98 Å². The van der Waals surface area contributed by atoms with E-state index in [0.717, 1.165) is 68.4 Å². The molecule has 0 radical (unpaired) electrons. The van der Waals surface area contributed by atoms with Gasteiger partial charge in [-0.15, -0.1) is 0 Å².